The van der Waals surface area contributed by atoms with Gasteiger partial charge in [0.1, 0.15) is 11.6 Å². The lowest BCUT2D eigenvalue weighted by atomic mass is 9.81. The Morgan fingerprint density at radius 3 is 2.78 bits per heavy atom. The number of aromatic nitrogens is 1. The molecule has 37 heavy (non-hydrogen) atoms. The van der Waals surface area contributed by atoms with Gasteiger partial charge in [0.15, 0.2) is 0 Å². The topological polar surface area (TPSA) is 82.9 Å². The Hall–Kier alpha value is -2.89. The number of carboxylic acids is 1. The van der Waals surface area contributed by atoms with Crippen molar-refractivity contribution in [1.82, 2.24) is 9.88 Å². The highest BCUT2D eigenvalue weighted by Gasteiger charge is 2.34. The normalized spacial score (nSPS) is 18.0. The average Bonchev–Trinajstić information content (AvgIpc) is 2.87. The second kappa shape index (κ2) is 14.2. The van der Waals surface area contributed by atoms with Crippen LogP contribution in [0.4, 0.5) is 4.39 Å². The van der Waals surface area contributed by atoms with E-state index in [0.29, 0.717) is 37.2 Å². The molecule has 0 spiro atoms. The van der Waals surface area contributed by atoms with Gasteiger partial charge in [-0.15, -0.1) is 24.8 Å². The third kappa shape index (κ3) is 7.80. The van der Waals surface area contributed by atoms with Crippen LogP contribution in [-0.4, -0.2) is 52.8 Å². The number of rotatable bonds is 7. The molecule has 1 saturated heterocycles. The first-order valence-electron chi connectivity index (χ1n) is 11.7. The Balaban J connectivity index is 0.00000241. The highest BCUT2D eigenvalue weighted by atomic mass is 35.5. The maximum absolute atomic E-state index is 13.3. The van der Waals surface area contributed by atoms with Crippen molar-refractivity contribution in [3.05, 3.63) is 71.7 Å². The number of methoxy groups -OCH3 is 1. The number of halogens is 3. The number of likely N-dealkylation sites (tertiary alicyclic amines) is 1. The first kappa shape index (κ1) is 30.3. The monoisotopic (exact) mass is 548 g/mol. The molecule has 3 atom stereocenters. The molecule has 2 heterocycles. The van der Waals surface area contributed by atoms with Crippen LogP contribution in [0, 0.1) is 29.5 Å². The van der Waals surface area contributed by atoms with Crippen molar-refractivity contribution < 1.29 is 24.1 Å². The lowest BCUT2D eigenvalue weighted by Gasteiger charge is -2.36. The second-order valence-corrected chi connectivity index (χ2v) is 8.92. The Bertz CT molecular complexity index is 1260. The van der Waals surface area contributed by atoms with Crippen LogP contribution < -0.4 is 4.74 Å². The van der Waals surface area contributed by atoms with Crippen LogP contribution >= 0.6 is 24.8 Å². The number of ether oxygens (including phenoxy) is 1. The van der Waals surface area contributed by atoms with Gasteiger partial charge in [0.25, 0.3) is 0 Å². The second-order valence-electron chi connectivity index (χ2n) is 8.92. The standard InChI is InChI=1S/C28H29FN2O4.2ClH/c1-35-22-8-9-26-24(17-22)23(11-13-30-26)27(32)10-7-20-12-15-31(18-25(20)28(33)34)14-3-5-19-4-2-6-21(29)16-19;;/h2,4,6,8-9,11,13,16-17,20,25,27,32H,7,10,12,14-15,18H2,1H3,(H,33,34);2*1H. The summed E-state index contributed by atoms with van der Waals surface area (Å²) in [6.45, 7) is 1.57. The van der Waals surface area contributed by atoms with Crippen LogP contribution in [0.3, 0.4) is 0 Å². The molecule has 9 heteroatoms. The number of nitrogens with zero attached hydrogens (tertiary/aromatic N) is 2. The van der Waals surface area contributed by atoms with Gasteiger partial charge in [0.2, 0.25) is 0 Å². The van der Waals surface area contributed by atoms with E-state index in [-0.39, 0.29) is 36.5 Å². The fraction of sp³-hybridized carbons (Fsp3) is 0.357. The SMILES string of the molecule is COc1ccc2nccc(C(O)CCC3CCN(CC#Cc4cccc(F)c4)CC3C(=O)O)c2c1.Cl.Cl. The van der Waals surface area contributed by atoms with E-state index in [9.17, 15) is 19.4 Å². The molecule has 6 nitrogen and oxygen atoms in total. The summed E-state index contributed by atoms with van der Waals surface area (Å²) in [5.41, 5.74) is 2.15. The number of piperidine rings is 1. The summed E-state index contributed by atoms with van der Waals surface area (Å²) >= 11 is 0. The Morgan fingerprint density at radius 2 is 2.05 bits per heavy atom. The number of carbonyl (C=O) groups is 1. The molecule has 198 valence electrons. The van der Waals surface area contributed by atoms with E-state index in [1.165, 1.54) is 12.1 Å². The van der Waals surface area contributed by atoms with Crippen molar-refractivity contribution in [2.45, 2.75) is 25.4 Å². The minimum atomic E-state index is -0.827. The maximum atomic E-state index is 13.3. The summed E-state index contributed by atoms with van der Waals surface area (Å²) in [5.74, 6) is 4.95. The van der Waals surface area contributed by atoms with Gasteiger partial charge < -0.3 is 14.9 Å². The van der Waals surface area contributed by atoms with E-state index in [2.05, 4.69) is 16.8 Å². The first-order chi connectivity index (χ1) is 16.9. The smallest absolute Gasteiger partial charge is 0.308 e. The zero-order valence-corrected chi connectivity index (χ0v) is 22.1. The first-order valence-corrected chi connectivity index (χ1v) is 11.7. The van der Waals surface area contributed by atoms with E-state index in [1.807, 2.05) is 23.1 Å². The Morgan fingerprint density at radius 1 is 1.24 bits per heavy atom. The highest BCUT2D eigenvalue weighted by molar-refractivity contribution is 5.86. The van der Waals surface area contributed by atoms with Crippen LogP contribution in [0.25, 0.3) is 10.9 Å². The van der Waals surface area contributed by atoms with Crippen LogP contribution in [-0.2, 0) is 4.79 Å². The zero-order chi connectivity index (χ0) is 24.8. The number of aliphatic hydroxyl groups is 1. The number of aliphatic hydroxyl groups excluding tert-OH is 1. The zero-order valence-electron chi connectivity index (χ0n) is 20.5. The largest absolute Gasteiger partial charge is 0.497 e. The molecule has 1 aliphatic rings. The van der Waals surface area contributed by atoms with E-state index in [0.717, 1.165) is 29.4 Å². The van der Waals surface area contributed by atoms with E-state index < -0.39 is 18.0 Å². The predicted octanol–water partition coefficient (Wildman–Crippen LogP) is 5.11. The molecule has 2 N–H and O–H groups in total. The van der Waals surface area contributed by atoms with E-state index >= 15 is 0 Å². The van der Waals surface area contributed by atoms with Crippen molar-refractivity contribution in [3.63, 3.8) is 0 Å². The molecule has 3 unspecified atom stereocenters. The van der Waals surface area contributed by atoms with Crippen LogP contribution in [0.2, 0.25) is 0 Å². The Kier molecular flexibility index (Phi) is 11.6. The molecule has 1 aliphatic heterocycles. The van der Waals surface area contributed by atoms with Gasteiger partial charge in [-0.05, 0) is 79.8 Å². The van der Waals surface area contributed by atoms with Crippen molar-refractivity contribution in [3.8, 4) is 17.6 Å². The summed E-state index contributed by atoms with van der Waals surface area (Å²) in [5, 5.41) is 21.6. The molecule has 1 aromatic heterocycles. The molecular formula is C28H31Cl2FN2O4. The number of carboxylic acid groups (broad SMARTS) is 1. The lowest BCUT2D eigenvalue weighted by molar-refractivity contribution is -0.146. The van der Waals surface area contributed by atoms with Crippen molar-refractivity contribution in [2.24, 2.45) is 11.8 Å². The molecule has 4 rings (SSSR count). The molecule has 0 amide bonds. The number of aliphatic carboxylic acids is 1. The predicted molar refractivity (Wildman–Crippen MR) is 146 cm³/mol. The molecule has 3 aromatic rings. The Labute approximate surface area is 228 Å². The minimum absolute atomic E-state index is 0. The summed E-state index contributed by atoms with van der Waals surface area (Å²) in [6.07, 6.45) is 2.74. The van der Waals surface area contributed by atoms with Gasteiger partial charge in [-0.2, -0.15) is 0 Å². The summed E-state index contributed by atoms with van der Waals surface area (Å²) < 4.78 is 18.6. The fourth-order valence-corrected chi connectivity index (χ4v) is 4.75. The number of hydrogen-bond donors (Lipinski definition) is 2. The quantitative estimate of drug-likeness (QED) is 0.399. The molecule has 1 fully saturated rings. The minimum Gasteiger partial charge on any atom is -0.497 e. The fourth-order valence-electron chi connectivity index (χ4n) is 4.75. The number of pyridine rings is 1. The van der Waals surface area contributed by atoms with Crippen LogP contribution in [0.15, 0.2) is 54.7 Å². The van der Waals surface area contributed by atoms with Gasteiger partial charge in [-0.25, -0.2) is 4.39 Å². The van der Waals surface area contributed by atoms with Gasteiger partial charge in [-0.3, -0.25) is 14.7 Å². The third-order valence-electron chi connectivity index (χ3n) is 6.67. The lowest BCUT2D eigenvalue weighted by Crippen LogP contribution is -2.44. The third-order valence-corrected chi connectivity index (χ3v) is 6.67. The van der Waals surface area contributed by atoms with Crippen molar-refractivity contribution in [2.75, 3.05) is 26.7 Å². The maximum Gasteiger partial charge on any atom is 0.308 e. The van der Waals surface area contributed by atoms with E-state index in [1.54, 1.807) is 31.5 Å². The van der Waals surface area contributed by atoms with E-state index in [4.69, 9.17) is 4.74 Å². The number of fused-ring (bicyclic) bond motifs is 1. The van der Waals surface area contributed by atoms with Gasteiger partial charge >= 0.3 is 5.97 Å². The van der Waals surface area contributed by atoms with Gasteiger partial charge in [0, 0.05) is 23.7 Å². The molecule has 0 saturated carbocycles. The molecule has 0 aliphatic carbocycles. The van der Waals surface area contributed by atoms with Gasteiger partial charge in [-0.1, -0.05) is 17.9 Å². The van der Waals surface area contributed by atoms with Crippen LogP contribution in [0.5, 0.6) is 5.75 Å². The summed E-state index contributed by atoms with van der Waals surface area (Å²) in [6, 6.07) is 13.5. The molecule has 2 aromatic carbocycles. The molecule has 0 radical (unpaired) electrons. The summed E-state index contributed by atoms with van der Waals surface area (Å²) in [7, 11) is 1.60. The number of benzene rings is 2. The number of hydrogen-bond acceptors (Lipinski definition) is 5. The van der Waals surface area contributed by atoms with Crippen molar-refractivity contribution >= 4 is 41.7 Å². The molecule has 0 bridgehead atoms. The van der Waals surface area contributed by atoms with Crippen LogP contribution in [0.1, 0.15) is 36.5 Å². The molecular weight excluding hydrogens is 518 g/mol. The summed E-state index contributed by atoms with van der Waals surface area (Å²) in [4.78, 5) is 18.4. The van der Waals surface area contributed by atoms with Gasteiger partial charge in [0.05, 0.1) is 31.2 Å². The highest BCUT2D eigenvalue weighted by Crippen LogP contribution is 2.33. The average molecular weight is 549 g/mol. The van der Waals surface area contributed by atoms with Crippen molar-refractivity contribution in [1.29, 1.82) is 0 Å².